The van der Waals surface area contributed by atoms with Gasteiger partial charge in [0.2, 0.25) is 0 Å². The van der Waals surface area contributed by atoms with E-state index in [-0.39, 0.29) is 5.97 Å². The third kappa shape index (κ3) is 1.68. The highest BCUT2D eigenvalue weighted by molar-refractivity contribution is 5.70. The molecule has 0 N–H and O–H groups in total. The predicted molar refractivity (Wildman–Crippen MR) is 63.9 cm³/mol. The maximum absolute atomic E-state index is 11.3. The van der Waals surface area contributed by atoms with Gasteiger partial charge in [-0.1, -0.05) is 32.4 Å². The largest absolute Gasteiger partial charge is 0.469 e. The maximum Gasteiger partial charge on any atom is 0.306 e. The van der Waals surface area contributed by atoms with Gasteiger partial charge in [-0.25, -0.2) is 0 Å². The van der Waals surface area contributed by atoms with Gasteiger partial charge in [-0.3, -0.25) is 4.79 Å². The Morgan fingerprint density at radius 2 is 2.31 bits per heavy atom. The van der Waals surface area contributed by atoms with E-state index in [2.05, 4.69) is 26.8 Å². The molecule has 3 aliphatic rings. The van der Waals surface area contributed by atoms with E-state index in [0.717, 1.165) is 5.92 Å². The van der Waals surface area contributed by atoms with Crippen LogP contribution in [0.4, 0.5) is 0 Å². The van der Waals surface area contributed by atoms with Crippen molar-refractivity contribution in [2.45, 2.75) is 40.0 Å². The van der Waals surface area contributed by atoms with Crippen LogP contribution in [0.25, 0.3) is 0 Å². The fourth-order valence-corrected chi connectivity index (χ4v) is 3.40. The third-order valence-corrected chi connectivity index (χ3v) is 4.78. The molecule has 0 unspecified atom stereocenters. The van der Waals surface area contributed by atoms with Gasteiger partial charge in [-0.15, -0.1) is 0 Å². The lowest BCUT2D eigenvalue weighted by Crippen LogP contribution is -2.49. The Bertz CT molecular complexity index is 328. The number of rotatable bonds is 3. The molecule has 0 radical (unpaired) electrons. The van der Waals surface area contributed by atoms with Gasteiger partial charge in [-0.2, -0.15) is 0 Å². The fourth-order valence-electron chi connectivity index (χ4n) is 3.40. The summed E-state index contributed by atoms with van der Waals surface area (Å²) in [6, 6.07) is 0. The highest BCUT2D eigenvalue weighted by Gasteiger charge is 2.51. The predicted octanol–water partition coefficient (Wildman–Crippen LogP) is 3.18. The maximum atomic E-state index is 11.3. The number of methoxy groups -OCH3 is 1. The molecule has 3 rings (SSSR count). The van der Waals surface area contributed by atoms with Crippen LogP contribution in [0.1, 0.15) is 40.0 Å². The minimum atomic E-state index is -0.0901. The van der Waals surface area contributed by atoms with Crippen LogP contribution < -0.4 is 0 Å². The smallest absolute Gasteiger partial charge is 0.306 e. The number of fused-ring (bicyclic) bond motifs is 1. The first-order chi connectivity index (χ1) is 7.46. The van der Waals surface area contributed by atoms with Crippen LogP contribution in [0, 0.1) is 23.2 Å². The number of hydrogen-bond acceptors (Lipinski definition) is 2. The van der Waals surface area contributed by atoms with E-state index in [1.165, 1.54) is 25.5 Å². The van der Waals surface area contributed by atoms with Crippen LogP contribution in [0.3, 0.4) is 0 Å². The zero-order valence-corrected chi connectivity index (χ0v) is 10.7. The molecule has 1 saturated carbocycles. The quantitative estimate of drug-likeness (QED) is 0.541. The Kier molecular flexibility index (Phi) is 2.85. The van der Waals surface area contributed by atoms with E-state index in [0.29, 0.717) is 23.7 Å². The summed E-state index contributed by atoms with van der Waals surface area (Å²) in [6.07, 6.45) is 5.42. The standard InChI is InChI=1S/C14H22O2/c1-9(7-13(15)16-4)11-6-5-10-8-12(11)14(10,2)3/h6,9-10,12H,5,7-8H2,1-4H3/t9-,10-,12-/m1/s1. The molecule has 0 saturated heterocycles. The first-order valence-electron chi connectivity index (χ1n) is 6.23. The molecular formula is C14H22O2. The Hall–Kier alpha value is -0.790. The van der Waals surface area contributed by atoms with Gasteiger partial charge in [0.15, 0.2) is 0 Å². The summed E-state index contributed by atoms with van der Waals surface area (Å²) in [6.45, 7) is 6.88. The summed E-state index contributed by atoms with van der Waals surface area (Å²) >= 11 is 0. The Morgan fingerprint density at radius 3 is 2.81 bits per heavy atom. The Balaban J connectivity index is 2.05. The second-order valence-electron chi connectivity index (χ2n) is 5.93. The SMILES string of the molecule is COC(=O)C[C@@H](C)C1=CC[C@@H]2C[C@H]1C2(C)C. The molecule has 16 heavy (non-hydrogen) atoms. The first-order valence-corrected chi connectivity index (χ1v) is 6.23. The molecule has 0 spiro atoms. The highest BCUT2D eigenvalue weighted by Crippen LogP contribution is 2.60. The average Bonchev–Trinajstić information content (AvgIpc) is 2.28. The second kappa shape index (κ2) is 3.90. The van der Waals surface area contributed by atoms with E-state index in [1.54, 1.807) is 0 Å². The molecule has 0 heterocycles. The first kappa shape index (κ1) is 11.7. The molecule has 0 aliphatic heterocycles. The summed E-state index contributed by atoms with van der Waals surface area (Å²) in [5.41, 5.74) is 1.95. The van der Waals surface area contributed by atoms with Crippen LogP contribution >= 0.6 is 0 Å². The zero-order chi connectivity index (χ0) is 11.9. The molecule has 3 aliphatic carbocycles. The van der Waals surface area contributed by atoms with E-state index >= 15 is 0 Å². The van der Waals surface area contributed by atoms with Crippen molar-refractivity contribution in [1.82, 2.24) is 0 Å². The van der Waals surface area contributed by atoms with Gasteiger partial charge in [0.05, 0.1) is 13.5 Å². The average molecular weight is 222 g/mol. The van der Waals surface area contributed by atoms with Gasteiger partial charge in [-0.05, 0) is 36.0 Å². The van der Waals surface area contributed by atoms with E-state index in [1.807, 2.05) is 0 Å². The van der Waals surface area contributed by atoms with Gasteiger partial charge in [0.1, 0.15) is 0 Å². The lowest BCUT2D eigenvalue weighted by molar-refractivity contribution is -0.141. The van der Waals surface area contributed by atoms with Crippen molar-refractivity contribution < 1.29 is 9.53 Å². The minimum Gasteiger partial charge on any atom is -0.469 e. The van der Waals surface area contributed by atoms with Gasteiger partial charge in [0, 0.05) is 0 Å². The molecule has 0 aromatic rings. The topological polar surface area (TPSA) is 26.3 Å². The Labute approximate surface area is 98.1 Å². The molecule has 0 aromatic heterocycles. The van der Waals surface area contributed by atoms with Crippen LogP contribution in [0.5, 0.6) is 0 Å². The Morgan fingerprint density at radius 1 is 1.62 bits per heavy atom. The van der Waals surface area contributed by atoms with Crippen LogP contribution in [-0.4, -0.2) is 13.1 Å². The van der Waals surface area contributed by atoms with Crippen LogP contribution in [0.15, 0.2) is 11.6 Å². The van der Waals surface area contributed by atoms with Crippen molar-refractivity contribution in [3.8, 4) is 0 Å². The second-order valence-corrected chi connectivity index (χ2v) is 5.93. The number of hydrogen-bond donors (Lipinski definition) is 0. The lowest BCUT2D eigenvalue weighted by Gasteiger charge is -2.57. The normalized spacial score (nSPS) is 32.4. The number of allylic oxidation sites excluding steroid dienone is 2. The van der Waals surface area contributed by atoms with E-state index < -0.39 is 0 Å². The monoisotopic (exact) mass is 222 g/mol. The van der Waals surface area contributed by atoms with Gasteiger partial charge >= 0.3 is 5.97 Å². The van der Waals surface area contributed by atoms with E-state index in [9.17, 15) is 4.79 Å². The molecule has 2 heteroatoms. The van der Waals surface area contributed by atoms with Crippen molar-refractivity contribution in [1.29, 1.82) is 0 Å². The number of carbonyl (C=O) groups excluding carboxylic acids is 1. The molecule has 2 nitrogen and oxygen atoms in total. The van der Waals surface area contributed by atoms with Gasteiger partial charge < -0.3 is 4.74 Å². The van der Waals surface area contributed by atoms with Gasteiger partial charge in [0.25, 0.3) is 0 Å². The summed E-state index contributed by atoms with van der Waals surface area (Å²) < 4.78 is 4.75. The summed E-state index contributed by atoms with van der Waals surface area (Å²) in [5.74, 6) is 1.82. The summed E-state index contributed by atoms with van der Waals surface area (Å²) in [4.78, 5) is 11.3. The molecule has 3 atom stereocenters. The highest BCUT2D eigenvalue weighted by atomic mass is 16.5. The van der Waals surface area contributed by atoms with Crippen molar-refractivity contribution in [2.24, 2.45) is 23.2 Å². The molecular weight excluding hydrogens is 200 g/mol. The zero-order valence-electron chi connectivity index (χ0n) is 10.7. The van der Waals surface area contributed by atoms with Crippen molar-refractivity contribution in [3.63, 3.8) is 0 Å². The van der Waals surface area contributed by atoms with Crippen molar-refractivity contribution >= 4 is 5.97 Å². The van der Waals surface area contributed by atoms with Crippen LogP contribution in [-0.2, 0) is 9.53 Å². The number of esters is 1. The molecule has 0 amide bonds. The number of carbonyl (C=O) groups is 1. The van der Waals surface area contributed by atoms with E-state index in [4.69, 9.17) is 4.74 Å². The summed E-state index contributed by atoms with van der Waals surface area (Å²) in [7, 11) is 1.47. The van der Waals surface area contributed by atoms with Crippen LogP contribution in [0.2, 0.25) is 0 Å². The molecule has 90 valence electrons. The number of ether oxygens (including phenoxy) is 1. The third-order valence-electron chi connectivity index (χ3n) is 4.78. The van der Waals surface area contributed by atoms with Crippen molar-refractivity contribution in [3.05, 3.63) is 11.6 Å². The fraction of sp³-hybridized carbons (Fsp3) is 0.786. The lowest BCUT2D eigenvalue weighted by atomic mass is 9.47. The minimum absolute atomic E-state index is 0.0901. The molecule has 1 fully saturated rings. The van der Waals surface area contributed by atoms with Crippen molar-refractivity contribution in [2.75, 3.05) is 7.11 Å². The molecule has 2 bridgehead atoms. The molecule has 0 aromatic carbocycles. The summed E-state index contributed by atoms with van der Waals surface area (Å²) in [5, 5.41) is 0.